The van der Waals surface area contributed by atoms with E-state index in [0.717, 1.165) is 30.4 Å². The SMILES string of the molecule is CCCCCCCC(=O)OCCc1c(-c2ccccc2)nc(NC(C)=O)n2ncnc12. The summed E-state index contributed by atoms with van der Waals surface area (Å²) in [6.07, 6.45) is 7.75. The van der Waals surface area contributed by atoms with Crippen LogP contribution in [0, 0.1) is 0 Å². The van der Waals surface area contributed by atoms with E-state index >= 15 is 0 Å². The minimum Gasteiger partial charge on any atom is -0.465 e. The number of benzene rings is 1. The van der Waals surface area contributed by atoms with Gasteiger partial charge in [-0.15, -0.1) is 0 Å². The minimum absolute atomic E-state index is 0.182. The number of anilines is 1. The smallest absolute Gasteiger partial charge is 0.305 e. The quantitative estimate of drug-likeness (QED) is 0.367. The summed E-state index contributed by atoms with van der Waals surface area (Å²) in [5.74, 6) is -0.131. The molecule has 0 saturated heterocycles. The molecular weight excluding hydrogens is 394 g/mol. The number of hydrogen-bond donors (Lipinski definition) is 1. The maximum atomic E-state index is 12.1. The maximum absolute atomic E-state index is 12.1. The Balaban J connectivity index is 1.77. The highest BCUT2D eigenvalue weighted by molar-refractivity contribution is 5.88. The Hall–Kier alpha value is -3.29. The van der Waals surface area contributed by atoms with Crippen molar-refractivity contribution in [2.75, 3.05) is 11.9 Å². The predicted molar refractivity (Wildman–Crippen MR) is 119 cm³/mol. The monoisotopic (exact) mass is 423 g/mol. The summed E-state index contributed by atoms with van der Waals surface area (Å²) in [7, 11) is 0. The van der Waals surface area contributed by atoms with Crippen molar-refractivity contribution in [2.45, 2.75) is 58.8 Å². The first-order valence-corrected chi connectivity index (χ1v) is 10.8. The standard InChI is InChI=1S/C23H29N5O3/c1-3-4-5-6-10-13-20(30)31-15-14-19-21(18-11-8-7-9-12-18)27-23(26-17(2)29)28-22(19)24-16-25-28/h7-9,11-12,16H,3-6,10,13-15H2,1-2H3,(H,26,27,29). The van der Waals surface area contributed by atoms with E-state index in [1.807, 2.05) is 30.3 Å². The Labute approximate surface area is 182 Å². The van der Waals surface area contributed by atoms with Crippen molar-refractivity contribution >= 4 is 23.5 Å². The minimum atomic E-state index is -0.246. The maximum Gasteiger partial charge on any atom is 0.305 e. The van der Waals surface area contributed by atoms with Gasteiger partial charge in [0.25, 0.3) is 0 Å². The van der Waals surface area contributed by atoms with E-state index in [1.54, 1.807) is 0 Å². The van der Waals surface area contributed by atoms with E-state index < -0.39 is 0 Å². The van der Waals surface area contributed by atoms with Gasteiger partial charge in [0.1, 0.15) is 6.33 Å². The van der Waals surface area contributed by atoms with Gasteiger partial charge >= 0.3 is 5.97 Å². The second-order valence-corrected chi connectivity index (χ2v) is 7.44. The van der Waals surface area contributed by atoms with Crippen LogP contribution in [0.15, 0.2) is 36.7 Å². The van der Waals surface area contributed by atoms with Gasteiger partial charge in [0.15, 0.2) is 5.65 Å². The van der Waals surface area contributed by atoms with E-state index in [4.69, 9.17) is 4.74 Å². The van der Waals surface area contributed by atoms with Crippen LogP contribution in [0.2, 0.25) is 0 Å². The van der Waals surface area contributed by atoms with Crippen LogP contribution < -0.4 is 5.32 Å². The molecule has 164 valence electrons. The molecule has 0 unspecified atom stereocenters. The molecule has 1 amide bonds. The van der Waals surface area contributed by atoms with E-state index in [-0.39, 0.29) is 18.5 Å². The van der Waals surface area contributed by atoms with Crippen LogP contribution in [0.3, 0.4) is 0 Å². The number of nitrogens with one attached hydrogen (secondary N) is 1. The van der Waals surface area contributed by atoms with Gasteiger partial charge in [-0.2, -0.15) is 9.61 Å². The Morgan fingerprint density at radius 3 is 2.61 bits per heavy atom. The van der Waals surface area contributed by atoms with Gasteiger partial charge < -0.3 is 4.74 Å². The van der Waals surface area contributed by atoms with E-state index in [0.29, 0.717) is 30.1 Å². The third-order valence-electron chi connectivity index (χ3n) is 4.96. The lowest BCUT2D eigenvalue weighted by Gasteiger charge is -2.14. The molecule has 0 fully saturated rings. The fourth-order valence-corrected chi connectivity index (χ4v) is 3.44. The number of unbranched alkanes of at least 4 members (excludes halogenated alkanes) is 4. The molecule has 1 N–H and O–H groups in total. The molecule has 0 aliphatic carbocycles. The summed E-state index contributed by atoms with van der Waals surface area (Å²) in [5.41, 5.74) is 2.96. The van der Waals surface area contributed by atoms with E-state index in [2.05, 4.69) is 27.3 Å². The number of aromatic nitrogens is 4. The zero-order valence-corrected chi connectivity index (χ0v) is 18.1. The van der Waals surface area contributed by atoms with Gasteiger partial charge in [0, 0.05) is 30.9 Å². The van der Waals surface area contributed by atoms with Crippen molar-refractivity contribution in [1.29, 1.82) is 0 Å². The Kier molecular flexibility index (Phi) is 8.09. The van der Waals surface area contributed by atoms with Crippen LogP contribution in [-0.4, -0.2) is 38.1 Å². The first-order chi connectivity index (χ1) is 15.1. The highest BCUT2D eigenvalue weighted by atomic mass is 16.5. The summed E-state index contributed by atoms with van der Waals surface area (Å²) in [6.45, 7) is 3.82. The van der Waals surface area contributed by atoms with Gasteiger partial charge in [-0.3, -0.25) is 14.9 Å². The van der Waals surface area contributed by atoms with Gasteiger partial charge in [0.05, 0.1) is 12.3 Å². The van der Waals surface area contributed by atoms with E-state index in [1.165, 1.54) is 30.6 Å². The molecule has 0 saturated carbocycles. The number of fused-ring (bicyclic) bond motifs is 1. The second kappa shape index (κ2) is 11.2. The summed E-state index contributed by atoms with van der Waals surface area (Å²) in [4.78, 5) is 32.7. The number of carbonyl (C=O) groups excluding carboxylic acids is 2. The van der Waals surface area contributed by atoms with Crippen LogP contribution in [-0.2, 0) is 20.7 Å². The normalized spacial score (nSPS) is 10.9. The van der Waals surface area contributed by atoms with Gasteiger partial charge in [-0.1, -0.05) is 62.9 Å². The van der Waals surface area contributed by atoms with Crippen LogP contribution in [0.4, 0.5) is 5.95 Å². The lowest BCUT2D eigenvalue weighted by atomic mass is 10.0. The topological polar surface area (TPSA) is 98.5 Å². The number of rotatable bonds is 11. The lowest BCUT2D eigenvalue weighted by Crippen LogP contribution is -2.15. The number of carbonyl (C=O) groups is 2. The first-order valence-electron chi connectivity index (χ1n) is 10.8. The molecule has 0 radical (unpaired) electrons. The number of esters is 1. The predicted octanol–water partition coefficient (Wildman–Crippen LogP) is 4.20. The Morgan fingerprint density at radius 1 is 1.10 bits per heavy atom. The summed E-state index contributed by atoms with van der Waals surface area (Å²) < 4.78 is 6.97. The second-order valence-electron chi connectivity index (χ2n) is 7.44. The molecule has 0 spiro atoms. The lowest BCUT2D eigenvalue weighted by molar-refractivity contribution is -0.143. The molecular formula is C23H29N5O3. The first kappa shape index (κ1) is 22.4. The molecule has 0 aliphatic heterocycles. The van der Waals surface area contributed by atoms with Crippen molar-refractivity contribution in [2.24, 2.45) is 0 Å². The molecule has 3 aromatic rings. The third-order valence-corrected chi connectivity index (χ3v) is 4.96. The molecule has 0 atom stereocenters. The molecule has 1 aromatic carbocycles. The number of amides is 1. The molecule has 2 aromatic heterocycles. The van der Waals surface area contributed by atoms with Crippen molar-refractivity contribution in [3.63, 3.8) is 0 Å². The number of hydrogen-bond acceptors (Lipinski definition) is 6. The van der Waals surface area contributed by atoms with Gasteiger partial charge in [0.2, 0.25) is 11.9 Å². The average Bonchev–Trinajstić information content (AvgIpc) is 3.25. The molecule has 0 bridgehead atoms. The van der Waals surface area contributed by atoms with Crippen LogP contribution in [0.5, 0.6) is 0 Å². The fraction of sp³-hybridized carbons (Fsp3) is 0.435. The zero-order valence-electron chi connectivity index (χ0n) is 18.1. The van der Waals surface area contributed by atoms with Crippen molar-refractivity contribution in [3.8, 4) is 11.3 Å². The average molecular weight is 424 g/mol. The highest BCUT2D eigenvalue weighted by Crippen LogP contribution is 2.27. The molecule has 8 heteroatoms. The van der Waals surface area contributed by atoms with Gasteiger partial charge in [-0.05, 0) is 6.42 Å². The van der Waals surface area contributed by atoms with Crippen molar-refractivity contribution < 1.29 is 14.3 Å². The number of ether oxygens (including phenoxy) is 1. The van der Waals surface area contributed by atoms with Crippen LogP contribution >= 0.6 is 0 Å². The van der Waals surface area contributed by atoms with E-state index in [9.17, 15) is 9.59 Å². The molecule has 3 rings (SSSR count). The van der Waals surface area contributed by atoms with Crippen LogP contribution in [0.25, 0.3) is 16.9 Å². The van der Waals surface area contributed by atoms with Crippen LogP contribution in [0.1, 0.15) is 57.9 Å². The van der Waals surface area contributed by atoms with Crippen molar-refractivity contribution in [1.82, 2.24) is 19.6 Å². The highest BCUT2D eigenvalue weighted by Gasteiger charge is 2.18. The largest absolute Gasteiger partial charge is 0.465 e. The molecule has 31 heavy (non-hydrogen) atoms. The Bertz CT molecular complexity index is 1020. The van der Waals surface area contributed by atoms with Crippen molar-refractivity contribution in [3.05, 3.63) is 42.2 Å². The molecule has 0 aliphatic rings. The summed E-state index contributed by atoms with van der Waals surface area (Å²) in [5, 5.41) is 6.90. The molecule has 2 heterocycles. The molecule has 8 nitrogen and oxygen atoms in total. The van der Waals surface area contributed by atoms with Gasteiger partial charge in [-0.25, -0.2) is 9.97 Å². The Morgan fingerprint density at radius 2 is 1.87 bits per heavy atom. The third kappa shape index (κ3) is 6.10. The fourth-order valence-electron chi connectivity index (χ4n) is 3.44. The zero-order chi connectivity index (χ0) is 22.1. The number of nitrogens with zero attached hydrogens (tertiary/aromatic N) is 4. The summed E-state index contributed by atoms with van der Waals surface area (Å²) >= 11 is 0. The summed E-state index contributed by atoms with van der Waals surface area (Å²) in [6, 6.07) is 9.66.